The van der Waals surface area contributed by atoms with Gasteiger partial charge >= 0.3 is 6.18 Å². The fraction of sp³-hybridized carbons (Fsp3) is 0.318. The van der Waals surface area contributed by atoms with Crippen molar-refractivity contribution < 1.29 is 27.8 Å². The molecule has 1 aliphatic heterocycles. The third-order valence-electron chi connectivity index (χ3n) is 5.81. The van der Waals surface area contributed by atoms with Gasteiger partial charge in [-0.25, -0.2) is 9.67 Å². The Morgan fingerprint density at radius 2 is 1.94 bits per heavy atom. The van der Waals surface area contributed by atoms with Crippen LogP contribution in [-0.2, 0) is 23.1 Å². The van der Waals surface area contributed by atoms with Crippen molar-refractivity contribution >= 4 is 29.1 Å². The first-order valence-electron chi connectivity index (χ1n) is 10.1. The van der Waals surface area contributed by atoms with Crippen LogP contribution in [-0.4, -0.2) is 49.6 Å². The van der Waals surface area contributed by atoms with Crippen molar-refractivity contribution in [3.63, 3.8) is 0 Å². The average molecular weight is 515 g/mol. The summed E-state index contributed by atoms with van der Waals surface area (Å²) >= 11 is 12.6. The molecule has 1 aliphatic rings. The van der Waals surface area contributed by atoms with Gasteiger partial charge in [0, 0.05) is 21.2 Å². The Morgan fingerprint density at radius 3 is 2.53 bits per heavy atom. The van der Waals surface area contributed by atoms with Gasteiger partial charge in [0.25, 0.3) is 5.91 Å². The minimum absolute atomic E-state index is 0.0311. The second kappa shape index (κ2) is 9.18. The standard InChI is InChI=1S/C22H19Cl2F3N4O3/c1-13-21(10-30-12-28-11-29-30,17-7-6-16(23)8-18(17)24)34-19(32)9-31(13)20(33)14-2-4-15(5-3-14)22(25,26)27/h2-8,11-13,19,32H,9-10H2,1H3/t13-,19-,21-/m1/s1. The smallest absolute Gasteiger partial charge is 0.366 e. The van der Waals surface area contributed by atoms with E-state index in [-0.39, 0.29) is 23.7 Å². The number of carbonyl (C=O) groups excluding carboxylic acids is 1. The molecule has 0 bridgehead atoms. The first kappa shape index (κ1) is 24.5. The van der Waals surface area contributed by atoms with Crippen molar-refractivity contribution in [2.75, 3.05) is 6.54 Å². The molecule has 1 saturated heterocycles. The Morgan fingerprint density at radius 1 is 1.24 bits per heavy atom. The summed E-state index contributed by atoms with van der Waals surface area (Å²) in [6.07, 6.45) is -3.16. The highest BCUT2D eigenvalue weighted by Gasteiger charge is 2.51. The van der Waals surface area contributed by atoms with Gasteiger partial charge in [0.05, 0.1) is 24.7 Å². The molecule has 3 atom stereocenters. The molecule has 2 aromatic carbocycles. The molecule has 1 aromatic heterocycles. The molecule has 180 valence electrons. The first-order valence-corrected chi connectivity index (χ1v) is 10.9. The number of hydrogen-bond donors (Lipinski definition) is 1. The maximum absolute atomic E-state index is 13.4. The maximum atomic E-state index is 13.4. The van der Waals surface area contributed by atoms with E-state index < -0.39 is 35.6 Å². The van der Waals surface area contributed by atoms with Crippen molar-refractivity contribution in [3.05, 3.63) is 81.9 Å². The zero-order valence-corrected chi connectivity index (χ0v) is 19.2. The lowest BCUT2D eigenvalue weighted by Gasteiger charge is -2.50. The molecule has 4 rings (SSSR count). The summed E-state index contributed by atoms with van der Waals surface area (Å²) in [6.45, 7) is 1.53. The van der Waals surface area contributed by atoms with E-state index in [1.54, 1.807) is 19.1 Å². The van der Waals surface area contributed by atoms with E-state index in [0.29, 0.717) is 10.6 Å². The van der Waals surface area contributed by atoms with E-state index >= 15 is 0 Å². The van der Waals surface area contributed by atoms with E-state index in [9.17, 15) is 23.1 Å². The van der Waals surface area contributed by atoms with Crippen LogP contribution in [0.15, 0.2) is 55.1 Å². The summed E-state index contributed by atoms with van der Waals surface area (Å²) in [7, 11) is 0. The Kier molecular flexibility index (Phi) is 6.61. The summed E-state index contributed by atoms with van der Waals surface area (Å²) in [5, 5.41) is 15.4. The van der Waals surface area contributed by atoms with Gasteiger partial charge in [-0.1, -0.05) is 29.3 Å². The number of aliphatic hydroxyl groups is 1. The fourth-order valence-electron chi connectivity index (χ4n) is 4.11. The minimum Gasteiger partial charge on any atom is -0.366 e. The first-order chi connectivity index (χ1) is 16.0. The Labute approximate surface area is 202 Å². The number of aliphatic hydroxyl groups excluding tert-OH is 1. The molecule has 3 aromatic rings. The van der Waals surface area contributed by atoms with Gasteiger partial charge in [0.2, 0.25) is 0 Å². The largest absolute Gasteiger partial charge is 0.416 e. The van der Waals surface area contributed by atoms with E-state index in [1.807, 2.05) is 0 Å². The van der Waals surface area contributed by atoms with Gasteiger partial charge in [-0.05, 0) is 43.3 Å². The number of nitrogens with zero attached hydrogens (tertiary/aromatic N) is 4. The van der Waals surface area contributed by atoms with Gasteiger partial charge < -0.3 is 14.7 Å². The highest BCUT2D eigenvalue weighted by molar-refractivity contribution is 6.35. The van der Waals surface area contributed by atoms with E-state index in [0.717, 1.165) is 24.3 Å². The van der Waals surface area contributed by atoms with E-state index in [1.165, 1.54) is 28.3 Å². The molecule has 7 nitrogen and oxygen atoms in total. The maximum Gasteiger partial charge on any atom is 0.416 e. The fourth-order valence-corrected chi connectivity index (χ4v) is 4.68. The van der Waals surface area contributed by atoms with Gasteiger partial charge in [-0.15, -0.1) is 0 Å². The summed E-state index contributed by atoms with van der Waals surface area (Å²) in [5.74, 6) is -0.573. The molecule has 0 aliphatic carbocycles. The monoisotopic (exact) mass is 514 g/mol. The van der Waals surface area contributed by atoms with Crippen molar-refractivity contribution in [1.29, 1.82) is 0 Å². The molecule has 2 heterocycles. The quantitative estimate of drug-likeness (QED) is 0.558. The van der Waals surface area contributed by atoms with Crippen molar-refractivity contribution in [2.24, 2.45) is 0 Å². The molecule has 1 amide bonds. The summed E-state index contributed by atoms with van der Waals surface area (Å²) < 4.78 is 46.3. The average Bonchev–Trinajstić information content (AvgIpc) is 3.28. The molecule has 1 N–H and O–H groups in total. The second-order valence-electron chi connectivity index (χ2n) is 7.89. The predicted molar refractivity (Wildman–Crippen MR) is 117 cm³/mol. The Balaban J connectivity index is 1.76. The van der Waals surface area contributed by atoms with Crippen LogP contribution < -0.4 is 0 Å². The van der Waals surface area contributed by atoms with Crippen molar-refractivity contribution in [2.45, 2.75) is 37.6 Å². The van der Waals surface area contributed by atoms with E-state index in [4.69, 9.17) is 27.9 Å². The van der Waals surface area contributed by atoms with Gasteiger partial charge in [-0.2, -0.15) is 18.3 Å². The normalized spacial score (nSPS) is 23.2. The summed E-state index contributed by atoms with van der Waals surface area (Å²) in [4.78, 5) is 18.6. The van der Waals surface area contributed by atoms with Crippen LogP contribution in [0.1, 0.15) is 28.4 Å². The molecule has 0 saturated carbocycles. The molecule has 0 unspecified atom stereocenters. The third-order valence-corrected chi connectivity index (χ3v) is 6.36. The second-order valence-corrected chi connectivity index (χ2v) is 8.73. The number of amides is 1. The van der Waals surface area contributed by atoms with Crippen LogP contribution in [0.25, 0.3) is 0 Å². The van der Waals surface area contributed by atoms with Crippen molar-refractivity contribution in [3.8, 4) is 0 Å². The zero-order chi connectivity index (χ0) is 24.7. The Hall–Kier alpha value is -2.66. The van der Waals surface area contributed by atoms with Crippen LogP contribution in [0, 0.1) is 0 Å². The molecule has 1 fully saturated rings. The third kappa shape index (κ3) is 4.63. The lowest BCUT2D eigenvalue weighted by molar-refractivity contribution is -0.255. The lowest BCUT2D eigenvalue weighted by Crippen LogP contribution is -2.62. The number of β-amino-alcohol motifs (C(OH)–C–C–N with tert-alkyl or cyclic N) is 1. The molecule has 34 heavy (non-hydrogen) atoms. The van der Waals surface area contributed by atoms with Crippen LogP contribution in [0.5, 0.6) is 0 Å². The zero-order valence-electron chi connectivity index (χ0n) is 17.7. The molecule has 12 heteroatoms. The van der Waals surface area contributed by atoms with Gasteiger partial charge in [0.1, 0.15) is 18.3 Å². The van der Waals surface area contributed by atoms with E-state index in [2.05, 4.69) is 10.1 Å². The summed E-state index contributed by atoms with van der Waals surface area (Å²) in [5.41, 5.74) is -1.77. The number of ether oxygens (including phenoxy) is 1. The van der Waals surface area contributed by atoms with Crippen LogP contribution in [0.3, 0.4) is 0 Å². The number of morpholine rings is 1. The number of benzene rings is 2. The predicted octanol–water partition coefficient (Wildman–Crippen LogP) is 4.38. The minimum atomic E-state index is -4.53. The molecular formula is C22H19Cl2F3N4O3. The van der Waals surface area contributed by atoms with Crippen molar-refractivity contribution in [1.82, 2.24) is 19.7 Å². The number of halogens is 5. The molecule has 0 radical (unpaired) electrons. The lowest BCUT2D eigenvalue weighted by atomic mass is 9.83. The summed E-state index contributed by atoms with van der Waals surface area (Å²) in [6, 6.07) is 7.92. The van der Waals surface area contributed by atoms with Crippen LogP contribution >= 0.6 is 23.2 Å². The highest BCUT2D eigenvalue weighted by atomic mass is 35.5. The SMILES string of the molecule is C[C@H]1N(C(=O)c2ccc(C(F)(F)F)cc2)C[C@H](O)O[C@@]1(Cn1cncn1)c1ccc(Cl)cc1Cl. The Bertz CT molecular complexity index is 1180. The number of aromatic nitrogens is 3. The number of rotatable bonds is 4. The molecule has 0 spiro atoms. The van der Waals surface area contributed by atoms with Gasteiger partial charge in [0.15, 0.2) is 6.29 Å². The van der Waals surface area contributed by atoms with Crippen LogP contribution in [0.4, 0.5) is 13.2 Å². The molecular weight excluding hydrogens is 496 g/mol. The number of carbonyl (C=O) groups is 1. The number of hydrogen-bond acceptors (Lipinski definition) is 5. The number of alkyl halides is 3. The van der Waals surface area contributed by atoms with Crippen LogP contribution in [0.2, 0.25) is 10.0 Å². The van der Waals surface area contributed by atoms with Gasteiger partial charge in [-0.3, -0.25) is 4.79 Å². The topological polar surface area (TPSA) is 80.5 Å². The highest BCUT2D eigenvalue weighted by Crippen LogP contribution is 2.43.